The van der Waals surface area contributed by atoms with Crippen molar-refractivity contribution in [3.05, 3.63) is 28.5 Å². The average molecular weight is 417 g/mol. The van der Waals surface area contributed by atoms with Crippen molar-refractivity contribution in [2.24, 2.45) is 5.41 Å². The van der Waals surface area contributed by atoms with Crippen LogP contribution in [-0.2, 0) is 4.74 Å². The van der Waals surface area contributed by atoms with Crippen LogP contribution in [0.3, 0.4) is 0 Å². The summed E-state index contributed by atoms with van der Waals surface area (Å²) in [6.45, 7) is 5.88. The summed E-state index contributed by atoms with van der Waals surface area (Å²) in [5.41, 5.74) is -0.138. The van der Waals surface area contributed by atoms with Crippen molar-refractivity contribution in [2.45, 2.75) is 64.0 Å². The van der Waals surface area contributed by atoms with E-state index in [4.69, 9.17) is 4.74 Å². The van der Waals surface area contributed by atoms with Gasteiger partial charge >= 0.3 is 6.09 Å². The summed E-state index contributed by atoms with van der Waals surface area (Å²) < 4.78 is 33.2. The largest absolute Gasteiger partial charge is 0.444 e. The van der Waals surface area contributed by atoms with Crippen molar-refractivity contribution in [1.82, 2.24) is 9.88 Å². The highest BCUT2D eigenvalue weighted by Crippen LogP contribution is 2.60. The van der Waals surface area contributed by atoms with E-state index in [1.807, 2.05) is 26.8 Å². The zero-order valence-corrected chi connectivity index (χ0v) is 16.3. The number of nitrogens with zero attached hydrogens (tertiary/aromatic N) is 2. The smallest absolute Gasteiger partial charge is 0.410 e. The molecule has 1 saturated carbocycles. The van der Waals surface area contributed by atoms with Gasteiger partial charge in [-0.2, -0.15) is 0 Å². The van der Waals surface area contributed by atoms with E-state index in [1.165, 1.54) is 0 Å². The van der Waals surface area contributed by atoms with Crippen LogP contribution in [0.5, 0.6) is 0 Å². The Balaban J connectivity index is 1.84. The lowest BCUT2D eigenvalue weighted by Crippen LogP contribution is -2.54. The number of carbonyl (C=O) groups excluding carboxylic acids is 1. The van der Waals surface area contributed by atoms with Gasteiger partial charge in [-0.15, -0.1) is 0 Å². The summed E-state index contributed by atoms with van der Waals surface area (Å²) in [6, 6.07) is 3.40. The first-order valence-electron chi connectivity index (χ1n) is 8.48. The molecule has 1 atom stereocenters. The molecule has 25 heavy (non-hydrogen) atoms. The van der Waals surface area contributed by atoms with Crippen LogP contribution in [-0.4, -0.2) is 34.0 Å². The molecule has 1 aliphatic heterocycles. The molecular weight excluding hydrogens is 394 g/mol. The van der Waals surface area contributed by atoms with Crippen LogP contribution in [0.2, 0.25) is 0 Å². The third-order valence-electron chi connectivity index (χ3n) is 4.92. The molecule has 2 fully saturated rings. The van der Waals surface area contributed by atoms with Crippen molar-refractivity contribution in [3.8, 4) is 0 Å². The fraction of sp³-hybridized carbons (Fsp3) is 0.667. The molecule has 138 valence electrons. The molecule has 1 spiro atoms. The van der Waals surface area contributed by atoms with Gasteiger partial charge in [-0.25, -0.2) is 18.6 Å². The SMILES string of the molecule is CC(C)(C)OC(=O)N1CCC2(C[C@@H]1c1ccc(Br)nc1)CC(F)(F)C2. The Morgan fingerprint density at radius 2 is 2.04 bits per heavy atom. The number of hydrogen-bond donors (Lipinski definition) is 0. The van der Waals surface area contributed by atoms with Crippen molar-refractivity contribution in [3.63, 3.8) is 0 Å². The molecule has 7 heteroatoms. The second-order valence-corrected chi connectivity index (χ2v) is 9.08. The molecule has 2 heterocycles. The first kappa shape index (κ1) is 18.5. The molecule has 3 rings (SSSR count). The maximum Gasteiger partial charge on any atom is 0.410 e. The maximum atomic E-state index is 13.5. The van der Waals surface area contributed by atoms with Gasteiger partial charge in [-0.3, -0.25) is 0 Å². The number of piperidine rings is 1. The number of rotatable bonds is 1. The first-order chi connectivity index (χ1) is 11.5. The highest BCUT2D eigenvalue weighted by Gasteiger charge is 2.59. The van der Waals surface area contributed by atoms with E-state index in [1.54, 1.807) is 17.2 Å². The number of pyridine rings is 1. The van der Waals surface area contributed by atoms with E-state index in [9.17, 15) is 13.6 Å². The van der Waals surface area contributed by atoms with Crippen LogP contribution in [0, 0.1) is 5.41 Å². The van der Waals surface area contributed by atoms with Crippen LogP contribution in [0.4, 0.5) is 13.6 Å². The molecule has 2 aliphatic rings. The molecule has 0 unspecified atom stereocenters. The monoisotopic (exact) mass is 416 g/mol. The Morgan fingerprint density at radius 1 is 1.36 bits per heavy atom. The van der Waals surface area contributed by atoms with E-state index < -0.39 is 17.6 Å². The van der Waals surface area contributed by atoms with Crippen LogP contribution < -0.4 is 0 Å². The van der Waals surface area contributed by atoms with Gasteiger partial charge in [-0.05, 0) is 66.6 Å². The summed E-state index contributed by atoms with van der Waals surface area (Å²) >= 11 is 3.30. The summed E-state index contributed by atoms with van der Waals surface area (Å²) in [5.74, 6) is -2.57. The predicted octanol–water partition coefficient (Wildman–Crippen LogP) is 5.33. The molecule has 1 saturated heterocycles. The summed E-state index contributed by atoms with van der Waals surface area (Å²) in [6.07, 6.45) is 2.21. The highest BCUT2D eigenvalue weighted by atomic mass is 79.9. The zero-order valence-electron chi connectivity index (χ0n) is 14.7. The molecule has 0 N–H and O–H groups in total. The Labute approximate surface area is 155 Å². The van der Waals surface area contributed by atoms with Crippen molar-refractivity contribution in [2.75, 3.05) is 6.54 Å². The topological polar surface area (TPSA) is 42.4 Å². The number of ether oxygens (including phenoxy) is 1. The second kappa shape index (κ2) is 6.18. The molecule has 0 radical (unpaired) electrons. The lowest BCUT2D eigenvalue weighted by molar-refractivity contribution is -0.183. The van der Waals surface area contributed by atoms with Crippen LogP contribution >= 0.6 is 15.9 Å². The Kier molecular flexibility index (Phi) is 4.58. The zero-order chi connectivity index (χ0) is 18.5. The molecule has 1 aromatic rings. The third kappa shape index (κ3) is 4.13. The third-order valence-corrected chi connectivity index (χ3v) is 5.39. The van der Waals surface area contributed by atoms with Gasteiger partial charge in [-0.1, -0.05) is 6.07 Å². The minimum atomic E-state index is -2.57. The Bertz CT molecular complexity index is 650. The number of amides is 1. The predicted molar refractivity (Wildman–Crippen MR) is 93.5 cm³/mol. The average Bonchev–Trinajstić information content (AvgIpc) is 2.44. The van der Waals surface area contributed by atoms with Gasteiger partial charge < -0.3 is 9.64 Å². The Hall–Kier alpha value is -1.24. The normalized spacial score (nSPS) is 24.7. The molecule has 0 bridgehead atoms. The highest BCUT2D eigenvalue weighted by molar-refractivity contribution is 9.10. The number of likely N-dealkylation sites (tertiary alicyclic amines) is 1. The van der Waals surface area contributed by atoms with Gasteiger partial charge in [0.1, 0.15) is 10.2 Å². The number of alkyl halides is 2. The molecule has 1 aliphatic carbocycles. The van der Waals surface area contributed by atoms with E-state index in [-0.39, 0.29) is 24.3 Å². The van der Waals surface area contributed by atoms with Gasteiger partial charge in [0.25, 0.3) is 0 Å². The fourth-order valence-corrected chi connectivity index (χ4v) is 4.16. The van der Waals surface area contributed by atoms with E-state index >= 15 is 0 Å². The van der Waals surface area contributed by atoms with Crippen LogP contribution in [0.15, 0.2) is 22.9 Å². The van der Waals surface area contributed by atoms with Crippen LogP contribution in [0.25, 0.3) is 0 Å². The van der Waals surface area contributed by atoms with E-state index in [0.717, 1.165) is 5.56 Å². The van der Waals surface area contributed by atoms with Gasteiger partial charge in [0.15, 0.2) is 0 Å². The van der Waals surface area contributed by atoms with Crippen molar-refractivity contribution >= 4 is 22.0 Å². The van der Waals surface area contributed by atoms with Gasteiger partial charge in [0, 0.05) is 25.6 Å². The summed E-state index contributed by atoms with van der Waals surface area (Å²) in [7, 11) is 0. The molecule has 4 nitrogen and oxygen atoms in total. The standard InChI is InChI=1S/C18H23BrF2N2O2/c1-16(2,3)25-15(24)23-7-6-17(10-18(20,21)11-17)8-13(23)12-4-5-14(19)22-9-12/h4-5,9,13H,6-8,10-11H2,1-3H3/t13-/m1/s1. The van der Waals surface area contributed by atoms with E-state index in [0.29, 0.717) is 24.0 Å². The minimum Gasteiger partial charge on any atom is -0.444 e. The first-order valence-corrected chi connectivity index (χ1v) is 9.27. The molecule has 1 amide bonds. The lowest BCUT2D eigenvalue weighted by Gasteiger charge is -2.54. The molecular formula is C18H23BrF2N2O2. The van der Waals surface area contributed by atoms with Gasteiger partial charge in [0.2, 0.25) is 5.92 Å². The van der Waals surface area contributed by atoms with E-state index in [2.05, 4.69) is 20.9 Å². The van der Waals surface area contributed by atoms with Crippen molar-refractivity contribution in [1.29, 1.82) is 0 Å². The van der Waals surface area contributed by atoms with Crippen LogP contribution in [0.1, 0.15) is 58.1 Å². The Morgan fingerprint density at radius 3 is 2.56 bits per heavy atom. The van der Waals surface area contributed by atoms with Gasteiger partial charge in [0.05, 0.1) is 6.04 Å². The number of halogens is 3. The number of hydrogen-bond acceptors (Lipinski definition) is 3. The maximum absolute atomic E-state index is 13.5. The quantitative estimate of drug-likeness (QED) is 0.580. The molecule has 1 aromatic heterocycles. The fourth-order valence-electron chi connectivity index (χ4n) is 3.92. The number of carbonyl (C=O) groups is 1. The molecule has 0 aromatic carbocycles. The summed E-state index contributed by atoms with van der Waals surface area (Å²) in [4.78, 5) is 18.5. The summed E-state index contributed by atoms with van der Waals surface area (Å²) in [5, 5.41) is 0. The number of aromatic nitrogens is 1. The minimum absolute atomic E-state index is 0.0946. The lowest BCUT2D eigenvalue weighted by atomic mass is 9.59. The second-order valence-electron chi connectivity index (χ2n) is 8.27. The van der Waals surface area contributed by atoms with Crippen molar-refractivity contribution < 1.29 is 18.3 Å².